The second kappa shape index (κ2) is 41.9. The number of carbonyl (C=O) groups is 2. The van der Waals surface area contributed by atoms with Crippen molar-refractivity contribution >= 4 is 11.9 Å². The predicted molar refractivity (Wildman–Crippen MR) is 235 cm³/mol. The summed E-state index contributed by atoms with van der Waals surface area (Å²) in [7, 11) is 0. The number of ether oxygens (including phenoxy) is 2. The summed E-state index contributed by atoms with van der Waals surface area (Å²) in [5.41, 5.74) is 0. The van der Waals surface area contributed by atoms with Crippen LogP contribution in [0, 0.1) is 11.8 Å². The van der Waals surface area contributed by atoms with Crippen LogP contribution in [0.3, 0.4) is 0 Å². The molecule has 0 fully saturated rings. The number of carbonyl (C=O) groups excluding carboxylic acids is 2. The average molecular weight is 798 g/mol. The Morgan fingerprint density at radius 1 is 0.446 bits per heavy atom. The molecule has 0 aliphatic carbocycles. The molecule has 0 rings (SSSR count). The van der Waals surface area contributed by atoms with Gasteiger partial charge >= 0.3 is 11.9 Å². The molecule has 56 heavy (non-hydrogen) atoms. The van der Waals surface area contributed by atoms with Gasteiger partial charge in [0, 0.05) is 32.5 Å². The number of hydrogen-bond acceptors (Lipinski definition) is 8. The molecule has 0 saturated heterocycles. The lowest BCUT2D eigenvalue weighted by Gasteiger charge is -2.27. The number of hydrogen-bond donors (Lipinski definition) is 3. The summed E-state index contributed by atoms with van der Waals surface area (Å²) in [6.45, 7) is 11.8. The molecular weight excluding hydrogens is 703 g/mol. The quantitative estimate of drug-likeness (QED) is 0.0412. The fourth-order valence-electron chi connectivity index (χ4n) is 7.91. The Morgan fingerprint density at radius 2 is 0.804 bits per heavy atom. The molecule has 4 atom stereocenters. The highest BCUT2D eigenvalue weighted by atomic mass is 16.5. The summed E-state index contributed by atoms with van der Waals surface area (Å²) >= 11 is 0. The lowest BCUT2D eigenvalue weighted by molar-refractivity contribution is -0.145. The van der Waals surface area contributed by atoms with Crippen LogP contribution in [0.1, 0.15) is 233 Å². The van der Waals surface area contributed by atoms with Crippen LogP contribution >= 0.6 is 0 Å². The molecule has 0 spiro atoms. The Labute approximate surface area is 347 Å². The van der Waals surface area contributed by atoms with Crippen LogP contribution in [0.5, 0.6) is 0 Å². The van der Waals surface area contributed by atoms with Gasteiger partial charge in [0.1, 0.15) is 0 Å². The van der Waals surface area contributed by atoms with E-state index in [-0.39, 0.29) is 18.5 Å². The number of aliphatic hydroxyl groups excluding tert-OH is 3. The van der Waals surface area contributed by atoms with Crippen molar-refractivity contribution in [2.75, 3.05) is 39.5 Å². The second-order valence-corrected chi connectivity index (χ2v) is 17.1. The molecule has 0 aliphatic heterocycles. The maximum absolute atomic E-state index is 12.5. The lowest BCUT2D eigenvalue weighted by atomic mass is 9.92. The Balaban J connectivity index is 4.41. The molecule has 334 valence electrons. The van der Waals surface area contributed by atoms with Gasteiger partial charge < -0.3 is 24.8 Å². The minimum atomic E-state index is -0.546. The van der Waals surface area contributed by atoms with E-state index in [1.54, 1.807) is 0 Å². The average Bonchev–Trinajstić information content (AvgIpc) is 3.17. The normalized spacial score (nSPS) is 13.9. The Hall–Kier alpha value is -1.22. The first-order valence-electron chi connectivity index (χ1n) is 24.3. The van der Waals surface area contributed by atoms with Gasteiger partial charge in [0.2, 0.25) is 0 Å². The molecular formula is C48H95NO7. The van der Waals surface area contributed by atoms with Crippen molar-refractivity contribution < 1.29 is 34.4 Å². The highest BCUT2D eigenvalue weighted by molar-refractivity contribution is 5.69. The van der Waals surface area contributed by atoms with E-state index in [4.69, 9.17) is 9.47 Å². The van der Waals surface area contributed by atoms with E-state index in [1.165, 1.54) is 128 Å². The minimum Gasteiger partial charge on any atom is -0.466 e. The third-order valence-corrected chi connectivity index (χ3v) is 11.6. The van der Waals surface area contributed by atoms with Crippen LogP contribution in [-0.2, 0) is 19.1 Å². The summed E-state index contributed by atoms with van der Waals surface area (Å²) < 4.78 is 11.3. The van der Waals surface area contributed by atoms with Gasteiger partial charge in [-0.3, -0.25) is 14.5 Å². The van der Waals surface area contributed by atoms with Crippen molar-refractivity contribution in [2.24, 2.45) is 11.8 Å². The fraction of sp³-hybridized carbons (Fsp3) is 0.958. The first-order chi connectivity index (χ1) is 27.3. The van der Waals surface area contributed by atoms with Gasteiger partial charge in [-0.05, 0) is 69.7 Å². The molecule has 0 aromatic heterocycles. The van der Waals surface area contributed by atoms with E-state index in [9.17, 15) is 24.9 Å². The van der Waals surface area contributed by atoms with Gasteiger partial charge in [0.05, 0.1) is 25.4 Å². The van der Waals surface area contributed by atoms with Gasteiger partial charge in [0.15, 0.2) is 0 Å². The smallest absolute Gasteiger partial charge is 0.305 e. The van der Waals surface area contributed by atoms with Crippen molar-refractivity contribution in [1.29, 1.82) is 0 Å². The highest BCUT2D eigenvalue weighted by Crippen LogP contribution is 2.23. The largest absolute Gasteiger partial charge is 0.466 e. The summed E-state index contributed by atoms with van der Waals surface area (Å²) in [5.74, 6) is 1.03. The van der Waals surface area contributed by atoms with E-state index in [2.05, 4.69) is 32.6 Å². The van der Waals surface area contributed by atoms with Crippen LogP contribution in [0.15, 0.2) is 0 Å². The monoisotopic (exact) mass is 798 g/mol. The molecule has 3 N–H and O–H groups in total. The van der Waals surface area contributed by atoms with Crippen LogP contribution in [0.4, 0.5) is 0 Å². The van der Waals surface area contributed by atoms with E-state index in [1.807, 2.05) is 0 Å². The summed E-state index contributed by atoms with van der Waals surface area (Å²) in [4.78, 5) is 27.0. The van der Waals surface area contributed by atoms with Crippen molar-refractivity contribution in [2.45, 2.75) is 245 Å². The topological polar surface area (TPSA) is 117 Å². The second-order valence-electron chi connectivity index (χ2n) is 17.1. The Bertz CT molecular complexity index is 780. The zero-order valence-corrected chi connectivity index (χ0v) is 37.6. The predicted octanol–water partition coefficient (Wildman–Crippen LogP) is 11.9. The third-order valence-electron chi connectivity index (χ3n) is 11.6. The molecule has 8 heteroatoms. The first-order valence-corrected chi connectivity index (χ1v) is 24.3. The van der Waals surface area contributed by atoms with E-state index in [0.717, 1.165) is 32.1 Å². The van der Waals surface area contributed by atoms with Gasteiger partial charge in [-0.25, -0.2) is 0 Å². The molecule has 4 unspecified atom stereocenters. The van der Waals surface area contributed by atoms with Gasteiger partial charge in [-0.1, -0.05) is 169 Å². The van der Waals surface area contributed by atoms with Crippen LogP contribution < -0.4 is 0 Å². The highest BCUT2D eigenvalue weighted by Gasteiger charge is 2.17. The zero-order valence-electron chi connectivity index (χ0n) is 37.6. The number of aliphatic hydroxyl groups is 3. The number of nitrogens with zero attached hydrogens (tertiary/aromatic N) is 1. The summed E-state index contributed by atoms with van der Waals surface area (Å²) in [6, 6.07) is 0. The molecule has 0 aromatic rings. The fourth-order valence-corrected chi connectivity index (χ4v) is 7.91. The van der Waals surface area contributed by atoms with Gasteiger partial charge in [-0.2, -0.15) is 0 Å². The third kappa shape index (κ3) is 37.1. The van der Waals surface area contributed by atoms with Crippen molar-refractivity contribution in [3.8, 4) is 0 Å². The molecule has 0 aromatic carbocycles. The molecule has 0 heterocycles. The Kier molecular flexibility index (Phi) is 41.0. The number of esters is 2. The van der Waals surface area contributed by atoms with Gasteiger partial charge in [-0.15, -0.1) is 0 Å². The van der Waals surface area contributed by atoms with Crippen molar-refractivity contribution in [3.05, 3.63) is 0 Å². The molecule has 8 nitrogen and oxygen atoms in total. The molecule has 0 amide bonds. The molecule has 0 aliphatic rings. The molecule has 0 saturated carbocycles. The molecule has 0 bridgehead atoms. The first kappa shape index (κ1) is 54.8. The lowest BCUT2D eigenvalue weighted by Crippen LogP contribution is -2.38. The van der Waals surface area contributed by atoms with Crippen LogP contribution in [0.25, 0.3) is 0 Å². The van der Waals surface area contributed by atoms with Crippen molar-refractivity contribution in [3.63, 3.8) is 0 Å². The van der Waals surface area contributed by atoms with Crippen LogP contribution in [-0.4, -0.2) is 83.8 Å². The van der Waals surface area contributed by atoms with E-state index in [0.29, 0.717) is 89.6 Å². The number of rotatable bonds is 44. The van der Waals surface area contributed by atoms with Crippen molar-refractivity contribution in [1.82, 2.24) is 4.90 Å². The standard InChI is InChI=1S/C48H95NO7/c1-5-9-13-15-19-29-43(27-17-11-7-3)35-39-55-47(53)33-23-21-31-45(51)41-49(37-25-26-38-50)42-46(52)32-22-24-34-48(54)56-40-36-44(28-18-12-8-4)30-20-16-14-10-6-2/h43-46,50-52H,5-42H2,1-4H3. The zero-order chi connectivity index (χ0) is 41.3. The maximum atomic E-state index is 12.5. The number of unbranched alkanes of at least 4 members (excludes halogenated alkanes) is 15. The Morgan fingerprint density at radius 3 is 1.20 bits per heavy atom. The van der Waals surface area contributed by atoms with Crippen LogP contribution in [0.2, 0.25) is 0 Å². The summed E-state index contributed by atoms with van der Waals surface area (Å²) in [6.07, 6.45) is 32.7. The molecule has 0 radical (unpaired) electrons. The summed E-state index contributed by atoms with van der Waals surface area (Å²) in [5, 5.41) is 31.0. The van der Waals surface area contributed by atoms with E-state index >= 15 is 0 Å². The minimum absolute atomic E-state index is 0.127. The maximum Gasteiger partial charge on any atom is 0.305 e. The van der Waals surface area contributed by atoms with E-state index < -0.39 is 12.2 Å². The van der Waals surface area contributed by atoms with Gasteiger partial charge in [0.25, 0.3) is 0 Å². The SMILES string of the molecule is CCCCCCCC(CCCCC)CCOC(=O)CCCCC(O)CN(CCCCO)CC(O)CCCCC(=O)OCCC(CCCCC)CCCCCCC.